The SMILES string of the molecule is Cc1ccc(NC(=O)COc2ccc(C(F)(F)F)cc2)c(F)c1. The second-order valence-electron chi connectivity index (χ2n) is 4.84. The van der Waals surface area contributed by atoms with Gasteiger partial charge < -0.3 is 10.1 Å². The number of nitrogens with one attached hydrogen (secondary N) is 1. The lowest BCUT2D eigenvalue weighted by atomic mass is 10.2. The van der Waals surface area contributed by atoms with Gasteiger partial charge in [-0.25, -0.2) is 4.39 Å². The second kappa shape index (κ2) is 6.68. The summed E-state index contributed by atoms with van der Waals surface area (Å²) in [5.74, 6) is -1.09. The maximum absolute atomic E-state index is 13.6. The lowest BCUT2D eigenvalue weighted by Crippen LogP contribution is -2.20. The number of amides is 1. The van der Waals surface area contributed by atoms with E-state index < -0.39 is 30.1 Å². The number of hydrogen-bond donors (Lipinski definition) is 1. The lowest BCUT2D eigenvalue weighted by Gasteiger charge is -2.10. The van der Waals surface area contributed by atoms with Crippen molar-refractivity contribution in [2.24, 2.45) is 0 Å². The molecule has 122 valence electrons. The molecule has 0 aliphatic heterocycles. The van der Waals surface area contributed by atoms with Crippen molar-refractivity contribution in [1.29, 1.82) is 0 Å². The summed E-state index contributed by atoms with van der Waals surface area (Å²) in [6, 6.07) is 8.26. The third-order valence-corrected chi connectivity index (χ3v) is 2.95. The third kappa shape index (κ3) is 4.70. The Bertz CT molecular complexity index is 696. The van der Waals surface area contributed by atoms with Crippen LogP contribution in [0.4, 0.5) is 23.2 Å². The van der Waals surface area contributed by atoms with E-state index in [1.54, 1.807) is 13.0 Å². The van der Waals surface area contributed by atoms with Crippen LogP contribution in [0.5, 0.6) is 5.75 Å². The van der Waals surface area contributed by atoms with Crippen molar-refractivity contribution >= 4 is 11.6 Å². The Balaban J connectivity index is 1.91. The fourth-order valence-corrected chi connectivity index (χ4v) is 1.80. The van der Waals surface area contributed by atoms with Crippen molar-refractivity contribution in [3.05, 3.63) is 59.4 Å². The summed E-state index contributed by atoms with van der Waals surface area (Å²) < 4.78 is 55.8. The highest BCUT2D eigenvalue weighted by atomic mass is 19.4. The normalized spacial score (nSPS) is 11.2. The van der Waals surface area contributed by atoms with Crippen molar-refractivity contribution in [2.75, 3.05) is 11.9 Å². The molecule has 0 radical (unpaired) electrons. The summed E-state index contributed by atoms with van der Waals surface area (Å²) >= 11 is 0. The Morgan fingerprint density at radius 2 is 1.78 bits per heavy atom. The number of benzene rings is 2. The number of carbonyl (C=O) groups is 1. The molecule has 3 nitrogen and oxygen atoms in total. The van der Waals surface area contributed by atoms with Gasteiger partial charge in [0, 0.05) is 0 Å². The predicted octanol–water partition coefficient (Wildman–Crippen LogP) is 4.17. The molecule has 23 heavy (non-hydrogen) atoms. The average Bonchev–Trinajstić information content (AvgIpc) is 2.47. The molecule has 0 aliphatic rings. The van der Waals surface area contributed by atoms with E-state index in [4.69, 9.17) is 4.74 Å². The fraction of sp³-hybridized carbons (Fsp3) is 0.188. The molecule has 0 bridgehead atoms. The smallest absolute Gasteiger partial charge is 0.416 e. The van der Waals surface area contributed by atoms with Gasteiger partial charge in [0.1, 0.15) is 11.6 Å². The second-order valence-corrected chi connectivity index (χ2v) is 4.84. The zero-order valence-electron chi connectivity index (χ0n) is 12.1. The van der Waals surface area contributed by atoms with Crippen molar-refractivity contribution in [3.8, 4) is 5.75 Å². The van der Waals surface area contributed by atoms with Gasteiger partial charge in [0.05, 0.1) is 11.3 Å². The number of rotatable bonds is 4. The molecular weight excluding hydrogens is 314 g/mol. The molecule has 0 unspecified atom stereocenters. The van der Waals surface area contributed by atoms with Crippen molar-refractivity contribution in [1.82, 2.24) is 0 Å². The van der Waals surface area contributed by atoms with Crippen LogP contribution in [0, 0.1) is 12.7 Å². The van der Waals surface area contributed by atoms with Gasteiger partial charge in [-0.05, 0) is 48.9 Å². The predicted molar refractivity (Wildman–Crippen MR) is 76.7 cm³/mol. The number of ether oxygens (including phenoxy) is 1. The van der Waals surface area contributed by atoms with Gasteiger partial charge in [-0.15, -0.1) is 0 Å². The molecule has 1 N–H and O–H groups in total. The molecule has 0 fully saturated rings. The number of halogens is 4. The van der Waals surface area contributed by atoms with Crippen LogP contribution in [0.25, 0.3) is 0 Å². The highest BCUT2D eigenvalue weighted by Crippen LogP contribution is 2.30. The van der Waals surface area contributed by atoms with Crippen LogP contribution >= 0.6 is 0 Å². The van der Waals surface area contributed by atoms with E-state index in [1.807, 2.05) is 0 Å². The van der Waals surface area contributed by atoms with E-state index in [-0.39, 0.29) is 11.4 Å². The summed E-state index contributed by atoms with van der Waals surface area (Å²) in [6.07, 6.45) is -4.43. The molecule has 0 aromatic heterocycles. The highest BCUT2D eigenvalue weighted by molar-refractivity contribution is 5.92. The Morgan fingerprint density at radius 1 is 1.13 bits per heavy atom. The summed E-state index contributed by atoms with van der Waals surface area (Å²) in [5, 5.41) is 2.32. The maximum Gasteiger partial charge on any atom is 0.416 e. The summed E-state index contributed by atoms with van der Waals surface area (Å²) in [5.41, 5.74) is -0.0887. The summed E-state index contributed by atoms with van der Waals surface area (Å²) in [7, 11) is 0. The van der Waals surface area contributed by atoms with Crippen molar-refractivity contribution < 1.29 is 27.1 Å². The molecule has 0 aliphatic carbocycles. The molecule has 2 aromatic rings. The first kappa shape index (κ1) is 16.8. The van der Waals surface area contributed by atoms with Crippen LogP contribution in [0.15, 0.2) is 42.5 Å². The van der Waals surface area contributed by atoms with E-state index in [0.29, 0.717) is 5.56 Å². The van der Waals surface area contributed by atoms with Gasteiger partial charge in [-0.3, -0.25) is 4.79 Å². The Morgan fingerprint density at radius 3 is 2.35 bits per heavy atom. The standard InChI is InChI=1S/C16H13F4NO2/c1-10-2-7-14(13(17)8-10)21-15(22)9-23-12-5-3-11(4-6-12)16(18,19)20/h2-8H,9H2,1H3,(H,21,22). The van der Waals surface area contributed by atoms with E-state index in [1.165, 1.54) is 12.1 Å². The number of carbonyl (C=O) groups excluding carboxylic acids is 1. The van der Waals surface area contributed by atoms with Crippen molar-refractivity contribution in [2.45, 2.75) is 13.1 Å². The highest BCUT2D eigenvalue weighted by Gasteiger charge is 2.30. The van der Waals surface area contributed by atoms with Crippen LogP contribution in [-0.4, -0.2) is 12.5 Å². The third-order valence-electron chi connectivity index (χ3n) is 2.95. The molecule has 0 saturated heterocycles. The topological polar surface area (TPSA) is 38.3 Å². The first-order valence-corrected chi connectivity index (χ1v) is 6.62. The molecule has 0 spiro atoms. The van der Waals surface area contributed by atoms with Crippen LogP contribution in [-0.2, 0) is 11.0 Å². The van der Waals surface area contributed by atoms with Crippen LogP contribution < -0.4 is 10.1 Å². The first-order chi connectivity index (χ1) is 10.8. The van der Waals surface area contributed by atoms with Gasteiger partial charge in [0.25, 0.3) is 5.91 Å². The van der Waals surface area contributed by atoms with Gasteiger partial charge in [-0.2, -0.15) is 13.2 Å². The van der Waals surface area contributed by atoms with Gasteiger partial charge in [0.15, 0.2) is 6.61 Å². The summed E-state index contributed by atoms with van der Waals surface area (Å²) in [4.78, 5) is 11.7. The molecule has 7 heteroatoms. The van der Waals surface area contributed by atoms with Gasteiger partial charge in [-0.1, -0.05) is 6.07 Å². The zero-order chi connectivity index (χ0) is 17.0. The molecule has 1 amide bonds. The lowest BCUT2D eigenvalue weighted by molar-refractivity contribution is -0.137. The molecule has 2 rings (SSSR count). The first-order valence-electron chi connectivity index (χ1n) is 6.62. The summed E-state index contributed by atoms with van der Waals surface area (Å²) in [6.45, 7) is 1.26. The minimum absolute atomic E-state index is 0.0108. The molecule has 0 heterocycles. The van der Waals surface area contributed by atoms with Crippen molar-refractivity contribution in [3.63, 3.8) is 0 Å². The molecule has 2 aromatic carbocycles. The Kier molecular flexibility index (Phi) is 4.88. The van der Waals surface area contributed by atoms with E-state index in [9.17, 15) is 22.4 Å². The number of alkyl halides is 3. The van der Waals surface area contributed by atoms with E-state index >= 15 is 0 Å². The largest absolute Gasteiger partial charge is 0.484 e. The maximum atomic E-state index is 13.6. The minimum Gasteiger partial charge on any atom is -0.484 e. The zero-order valence-corrected chi connectivity index (χ0v) is 12.1. The quantitative estimate of drug-likeness (QED) is 0.856. The number of hydrogen-bond acceptors (Lipinski definition) is 2. The van der Waals surface area contributed by atoms with Crippen LogP contribution in [0.2, 0.25) is 0 Å². The Hall–Kier alpha value is -2.57. The average molecular weight is 327 g/mol. The Labute approximate surface area is 129 Å². The van der Waals surface area contributed by atoms with E-state index in [0.717, 1.165) is 24.3 Å². The molecule has 0 atom stereocenters. The number of aryl methyl sites for hydroxylation is 1. The van der Waals surface area contributed by atoms with Gasteiger partial charge >= 0.3 is 6.18 Å². The molecule has 0 saturated carbocycles. The molecular formula is C16H13F4NO2. The number of anilines is 1. The van der Waals surface area contributed by atoms with E-state index in [2.05, 4.69) is 5.32 Å². The van der Waals surface area contributed by atoms with Gasteiger partial charge in [0.2, 0.25) is 0 Å². The monoisotopic (exact) mass is 327 g/mol. The minimum atomic E-state index is -4.43. The fourth-order valence-electron chi connectivity index (χ4n) is 1.80. The van der Waals surface area contributed by atoms with Crippen LogP contribution in [0.3, 0.4) is 0 Å². The van der Waals surface area contributed by atoms with Crippen LogP contribution in [0.1, 0.15) is 11.1 Å².